The highest BCUT2D eigenvalue weighted by Crippen LogP contribution is 2.12. The molecule has 0 aliphatic rings. The number of aliphatic hydroxyl groups is 1. The van der Waals surface area contributed by atoms with Crippen LogP contribution in [0, 0.1) is 0 Å². The highest BCUT2D eigenvalue weighted by molar-refractivity contribution is 5.04. The third-order valence-electron chi connectivity index (χ3n) is 1.83. The molecule has 0 aromatic rings. The summed E-state index contributed by atoms with van der Waals surface area (Å²) in [5.74, 6) is 0. The Kier molecular flexibility index (Phi) is 6.00. The van der Waals surface area contributed by atoms with Gasteiger partial charge in [-0.05, 0) is 46.7 Å². The molecule has 0 spiro atoms. The number of hydrogen-bond donors (Lipinski definition) is 2. The van der Waals surface area contributed by atoms with E-state index >= 15 is 0 Å². The van der Waals surface area contributed by atoms with Gasteiger partial charge in [-0.2, -0.15) is 0 Å². The van der Waals surface area contributed by atoms with Crippen molar-refractivity contribution in [1.29, 1.82) is 0 Å². The summed E-state index contributed by atoms with van der Waals surface area (Å²) in [6.45, 7) is 9.92. The minimum Gasteiger partial charge on any atom is -0.386 e. The van der Waals surface area contributed by atoms with E-state index in [1.165, 1.54) is 5.57 Å². The number of nitrogens with one attached hydrogen (secondary N) is 1. The molecule has 0 saturated heterocycles. The molecular formula is C11H23NO. The van der Waals surface area contributed by atoms with Gasteiger partial charge in [-0.15, -0.1) is 0 Å². The topological polar surface area (TPSA) is 32.3 Å². The minimum atomic E-state index is -0.653. The molecule has 2 nitrogen and oxygen atoms in total. The van der Waals surface area contributed by atoms with Gasteiger partial charge in [0.05, 0.1) is 5.60 Å². The summed E-state index contributed by atoms with van der Waals surface area (Å²) in [5, 5.41) is 13.1. The normalized spacial score (nSPS) is 15.2. The lowest BCUT2D eigenvalue weighted by molar-refractivity contribution is 0.101. The van der Waals surface area contributed by atoms with Crippen molar-refractivity contribution >= 4 is 0 Å². The number of rotatable bonds is 6. The van der Waals surface area contributed by atoms with Crippen LogP contribution >= 0.6 is 0 Å². The Morgan fingerprint density at radius 1 is 1.38 bits per heavy atom. The van der Waals surface area contributed by atoms with E-state index in [2.05, 4.69) is 12.2 Å². The second kappa shape index (κ2) is 6.17. The Labute approximate surface area is 82.0 Å². The van der Waals surface area contributed by atoms with Gasteiger partial charge >= 0.3 is 0 Å². The lowest BCUT2D eigenvalue weighted by Gasteiger charge is -2.19. The lowest BCUT2D eigenvalue weighted by Crippen LogP contribution is -2.28. The van der Waals surface area contributed by atoms with Crippen molar-refractivity contribution in [2.45, 2.75) is 46.1 Å². The fraction of sp³-hybridized carbons (Fsp3) is 0.818. The molecular weight excluding hydrogens is 162 g/mol. The molecule has 0 rings (SSSR count). The van der Waals surface area contributed by atoms with E-state index in [-0.39, 0.29) is 0 Å². The van der Waals surface area contributed by atoms with Gasteiger partial charge in [0.15, 0.2) is 0 Å². The summed E-state index contributed by atoms with van der Waals surface area (Å²) in [7, 11) is 0. The molecule has 0 heterocycles. The monoisotopic (exact) mass is 185 g/mol. The summed E-state index contributed by atoms with van der Waals surface area (Å²) in [5.41, 5.74) is 0.514. The zero-order valence-corrected chi connectivity index (χ0v) is 9.35. The molecule has 1 unspecified atom stereocenters. The van der Waals surface area contributed by atoms with Crippen molar-refractivity contribution in [3.8, 4) is 0 Å². The first-order valence-corrected chi connectivity index (χ1v) is 5.07. The third-order valence-corrected chi connectivity index (χ3v) is 1.83. The van der Waals surface area contributed by atoms with E-state index in [4.69, 9.17) is 0 Å². The first-order valence-electron chi connectivity index (χ1n) is 5.07. The molecule has 2 N–H and O–H groups in total. The summed E-state index contributed by atoms with van der Waals surface area (Å²) < 4.78 is 0. The predicted molar refractivity (Wildman–Crippen MR) is 57.8 cm³/mol. The fourth-order valence-electron chi connectivity index (χ4n) is 1.34. The van der Waals surface area contributed by atoms with Crippen molar-refractivity contribution < 1.29 is 5.11 Å². The molecule has 0 aliphatic carbocycles. The van der Waals surface area contributed by atoms with Gasteiger partial charge in [-0.25, -0.2) is 0 Å². The molecule has 0 amide bonds. The van der Waals surface area contributed by atoms with E-state index in [1.807, 2.05) is 26.8 Å². The largest absolute Gasteiger partial charge is 0.386 e. The van der Waals surface area contributed by atoms with Gasteiger partial charge < -0.3 is 10.4 Å². The van der Waals surface area contributed by atoms with Crippen LogP contribution in [0.3, 0.4) is 0 Å². The number of hydrogen-bond acceptors (Lipinski definition) is 2. The van der Waals surface area contributed by atoms with Gasteiger partial charge in [0.1, 0.15) is 0 Å². The second-order valence-electron chi connectivity index (χ2n) is 4.08. The van der Waals surface area contributed by atoms with Crippen LogP contribution < -0.4 is 5.32 Å². The smallest absolute Gasteiger partial charge is 0.0814 e. The quantitative estimate of drug-likeness (QED) is 0.490. The maximum atomic E-state index is 9.87. The van der Waals surface area contributed by atoms with Crippen molar-refractivity contribution in [3.63, 3.8) is 0 Å². The number of allylic oxidation sites excluding steroid dienone is 1. The molecule has 2 heteroatoms. The molecule has 78 valence electrons. The maximum absolute atomic E-state index is 9.87. The Morgan fingerprint density at radius 3 is 2.46 bits per heavy atom. The molecule has 0 radical (unpaired) electrons. The molecule has 0 bridgehead atoms. The maximum Gasteiger partial charge on any atom is 0.0814 e. The van der Waals surface area contributed by atoms with Crippen LogP contribution in [0.15, 0.2) is 11.6 Å². The van der Waals surface area contributed by atoms with Gasteiger partial charge in [0.25, 0.3) is 0 Å². The zero-order valence-electron chi connectivity index (χ0n) is 9.35. The van der Waals surface area contributed by atoms with E-state index in [0.29, 0.717) is 0 Å². The summed E-state index contributed by atoms with van der Waals surface area (Å²) in [6.07, 6.45) is 3.84. The lowest BCUT2D eigenvalue weighted by atomic mass is 10.00. The summed E-state index contributed by atoms with van der Waals surface area (Å²) in [4.78, 5) is 0. The Bertz CT molecular complexity index is 157. The SMILES string of the molecule is CCCNCCC(C)(O)C=C(C)C. The third kappa shape index (κ3) is 8.00. The highest BCUT2D eigenvalue weighted by atomic mass is 16.3. The molecule has 0 aliphatic heterocycles. The minimum absolute atomic E-state index is 0.653. The van der Waals surface area contributed by atoms with Crippen LogP contribution in [0.5, 0.6) is 0 Å². The van der Waals surface area contributed by atoms with Crippen LogP contribution in [-0.4, -0.2) is 23.8 Å². The van der Waals surface area contributed by atoms with E-state index in [9.17, 15) is 5.11 Å². The van der Waals surface area contributed by atoms with Gasteiger partial charge in [0, 0.05) is 0 Å². The average molecular weight is 185 g/mol. The van der Waals surface area contributed by atoms with Gasteiger partial charge in [-0.3, -0.25) is 0 Å². The highest BCUT2D eigenvalue weighted by Gasteiger charge is 2.15. The van der Waals surface area contributed by atoms with Crippen LogP contribution in [0.2, 0.25) is 0 Å². The zero-order chi connectivity index (χ0) is 10.3. The van der Waals surface area contributed by atoms with Crippen LogP contribution in [-0.2, 0) is 0 Å². The molecule has 0 aromatic carbocycles. The first kappa shape index (κ1) is 12.7. The average Bonchev–Trinajstić information content (AvgIpc) is 1.95. The van der Waals surface area contributed by atoms with E-state index in [1.54, 1.807) is 0 Å². The van der Waals surface area contributed by atoms with E-state index in [0.717, 1.165) is 25.9 Å². The van der Waals surface area contributed by atoms with Gasteiger partial charge in [0.2, 0.25) is 0 Å². The van der Waals surface area contributed by atoms with Crippen LogP contribution in [0.1, 0.15) is 40.5 Å². The first-order chi connectivity index (χ1) is 5.98. The van der Waals surface area contributed by atoms with Crippen molar-refractivity contribution in [3.05, 3.63) is 11.6 Å². The van der Waals surface area contributed by atoms with Crippen molar-refractivity contribution in [1.82, 2.24) is 5.32 Å². The Morgan fingerprint density at radius 2 is 2.00 bits per heavy atom. The van der Waals surface area contributed by atoms with Crippen LogP contribution in [0.25, 0.3) is 0 Å². The Hall–Kier alpha value is -0.340. The molecule has 0 saturated carbocycles. The summed E-state index contributed by atoms with van der Waals surface area (Å²) >= 11 is 0. The second-order valence-corrected chi connectivity index (χ2v) is 4.08. The fourth-order valence-corrected chi connectivity index (χ4v) is 1.34. The van der Waals surface area contributed by atoms with Crippen LogP contribution in [0.4, 0.5) is 0 Å². The Balaban J connectivity index is 3.70. The molecule has 0 aromatic heterocycles. The van der Waals surface area contributed by atoms with Gasteiger partial charge in [-0.1, -0.05) is 18.6 Å². The standard InChI is InChI=1S/C11H23NO/c1-5-7-12-8-6-11(4,13)9-10(2)3/h9,12-13H,5-8H2,1-4H3. The van der Waals surface area contributed by atoms with Crippen molar-refractivity contribution in [2.24, 2.45) is 0 Å². The van der Waals surface area contributed by atoms with E-state index < -0.39 is 5.60 Å². The predicted octanol–water partition coefficient (Wildman–Crippen LogP) is 2.09. The molecule has 0 fully saturated rings. The molecule has 13 heavy (non-hydrogen) atoms. The van der Waals surface area contributed by atoms with Crippen molar-refractivity contribution in [2.75, 3.05) is 13.1 Å². The molecule has 1 atom stereocenters. The summed E-state index contributed by atoms with van der Waals surface area (Å²) in [6, 6.07) is 0.